The monoisotopic (exact) mass is 429 g/mol. The molecule has 1 aromatic rings. The summed E-state index contributed by atoms with van der Waals surface area (Å²) < 4.78 is 11.9. The lowest BCUT2D eigenvalue weighted by atomic mass is 9.77. The Labute approximate surface area is 182 Å². The van der Waals surface area contributed by atoms with Crippen LogP contribution in [0.2, 0.25) is 0 Å². The molecule has 7 atom stereocenters. The highest BCUT2D eigenvalue weighted by atomic mass is 16.7. The van der Waals surface area contributed by atoms with Gasteiger partial charge in [0.15, 0.2) is 0 Å². The van der Waals surface area contributed by atoms with E-state index in [0.717, 1.165) is 18.4 Å². The number of epoxide rings is 1. The number of unbranched alkanes of at least 4 members (excludes halogenated alkanes) is 1. The summed E-state index contributed by atoms with van der Waals surface area (Å²) in [5, 5.41) is 8.71. The van der Waals surface area contributed by atoms with Crippen molar-refractivity contribution in [1.29, 1.82) is 0 Å². The van der Waals surface area contributed by atoms with E-state index in [0.29, 0.717) is 25.3 Å². The minimum atomic E-state index is -0.761. The maximum absolute atomic E-state index is 12.3. The van der Waals surface area contributed by atoms with E-state index in [1.807, 2.05) is 30.3 Å². The third-order valence-corrected chi connectivity index (χ3v) is 6.44. The molecule has 8 nitrogen and oxygen atoms in total. The normalized spacial score (nSPS) is 31.5. The molecule has 31 heavy (non-hydrogen) atoms. The predicted molar refractivity (Wildman–Crippen MR) is 114 cm³/mol. The fourth-order valence-corrected chi connectivity index (χ4v) is 4.81. The van der Waals surface area contributed by atoms with E-state index in [1.54, 1.807) is 0 Å². The second-order valence-electron chi connectivity index (χ2n) is 8.62. The maximum Gasteiger partial charge on any atom is 0.303 e. The van der Waals surface area contributed by atoms with Crippen molar-refractivity contribution >= 4 is 11.9 Å². The predicted octanol–water partition coefficient (Wildman–Crippen LogP) is 1.16. The molecular weight excluding hydrogens is 398 g/mol. The summed E-state index contributed by atoms with van der Waals surface area (Å²) in [5.41, 5.74) is 12.9. The average Bonchev–Trinajstić information content (AvgIpc) is 3.38. The van der Waals surface area contributed by atoms with Crippen LogP contribution >= 0.6 is 0 Å². The van der Waals surface area contributed by atoms with Gasteiger partial charge >= 0.3 is 5.97 Å². The molecule has 0 aromatic heterocycles. The van der Waals surface area contributed by atoms with Crippen molar-refractivity contribution < 1.29 is 24.2 Å². The number of allylic oxidation sites excluding steroid dienone is 2. The summed E-state index contributed by atoms with van der Waals surface area (Å²) in [5.74, 6) is -0.443. The van der Waals surface area contributed by atoms with Crippen molar-refractivity contribution in [3.05, 3.63) is 48.0 Å². The van der Waals surface area contributed by atoms with Crippen LogP contribution < -0.4 is 16.6 Å². The summed E-state index contributed by atoms with van der Waals surface area (Å²) in [6, 6.07) is 9.09. The number of hydrogen-bond acceptors (Lipinski definition) is 6. The largest absolute Gasteiger partial charge is 0.481 e. The molecule has 1 amide bonds. The quantitative estimate of drug-likeness (QED) is 0.170. The number of rotatable bonds is 12. The maximum atomic E-state index is 12.3. The molecule has 0 aliphatic carbocycles. The molecule has 5 N–H and O–H groups in total. The number of carbonyl (C=O) groups excluding carboxylic acids is 1. The number of fused-ring (bicyclic) bond motifs is 5. The van der Waals surface area contributed by atoms with Crippen LogP contribution in [-0.2, 0) is 25.5 Å². The van der Waals surface area contributed by atoms with Crippen molar-refractivity contribution in [2.24, 2.45) is 17.6 Å². The minimum absolute atomic E-state index is 0.0582. The van der Waals surface area contributed by atoms with Crippen molar-refractivity contribution in [2.75, 3.05) is 6.54 Å². The minimum Gasteiger partial charge on any atom is -0.481 e. The summed E-state index contributed by atoms with van der Waals surface area (Å²) in [6.45, 7) is 0.592. The Bertz CT molecular complexity index is 802. The number of nitrogens with one attached hydrogen (secondary N) is 2. The van der Waals surface area contributed by atoms with Crippen LogP contribution in [0.5, 0.6) is 0 Å². The summed E-state index contributed by atoms with van der Waals surface area (Å²) in [6.07, 6.45) is 7.66. The first-order chi connectivity index (χ1) is 15.0. The lowest BCUT2D eigenvalue weighted by Gasteiger charge is -2.25. The Morgan fingerprint density at radius 1 is 1.06 bits per heavy atom. The Balaban J connectivity index is 1.22. The van der Waals surface area contributed by atoms with Gasteiger partial charge < -0.3 is 20.3 Å². The first kappa shape index (κ1) is 22.0. The first-order valence-electron chi connectivity index (χ1n) is 11.0. The van der Waals surface area contributed by atoms with Gasteiger partial charge in [-0.2, -0.15) is 0 Å². The molecule has 3 aliphatic rings. The zero-order valence-corrected chi connectivity index (χ0v) is 17.5. The second-order valence-corrected chi connectivity index (χ2v) is 8.62. The third-order valence-electron chi connectivity index (χ3n) is 6.44. The second kappa shape index (κ2) is 9.91. The van der Waals surface area contributed by atoms with Crippen LogP contribution in [0.3, 0.4) is 0 Å². The van der Waals surface area contributed by atoms with Crippen molar-refractivity contribution in [3.8, 4) is 0 Å². The fourth-order valence-electron chi connectivity index (χ4n) is 4.81. The van der Waals surface area contributed by atoms with E-state index in [9.17, 15) is 9.59 Å². The van der Waals surface area contributed by atoms with E-state index < -0.39 is 12.0 Å². The van der Waals surface area contributed by atoms with Gasteiger partial charge in [0, 0.05) is 18.9 Å². The smallest absolute Gasteiger partial charge is 0.303 e. The Morgan fingerprint density at radius 2 is 1.77 bits per heavy atom. The van der Waals surface area contributed by atoms with Gasteiger partial charge in [0.1, 0.15) is 12.2 Å². The number of hydrazine groups is 1. The van der Waals surface area contributed by atoms with E-state index in [-0.39, 0.29) is 42.7 Å². The average molecular weight is 430 g/mol. The number of carboxylic acids is 1. The zero-order chi connectivity index (χ0) is 21.8. The molecule has 3 fully saturated rings. The molecule has 0 unspecified atom stereocenters. The summed E-state index contributed by atoms with van der Waals surface area (Å²) in [4.78, 5) is 22.9. The van der Waals surface area contributed by atoms with Gasteiger partial charge in [-0.1, -0.05) is 42.5 Å². The molecule has 3 aliphatic heterocycles. The number of ether oxygens (including phenoxy) is 2. The van der Waals surface area contributed by atoms with Crippen molar-refractivity contribution in [2.45, 2.75) is 62.6 Å². The zero-order valence-electron chi connectivity index (χ0n) is 17.5. The molecule has 168 valence electrons. The van der Waals surface area contributed by atoms with Gasteiger partial charge in [0.05, 0.1) is 18.2 Å². The number of aliphatic carboxylic acids is 1. The lowest BCUT2D eigenvalue weighted by Crippen LogP contribution is -2.51. The number of carbonyl (C=O) groups is 2. The van der Waals surface area contributed by atoms with Gasteiger partial charge in [-0.15, -0.1) is 0 Å². The Kier molecular flexibility index (Phi) is 7.02. The van der Waals surface area contributed by atoms with Crippen LogP contribution in [0.15, 0.2) is 42.5 Å². The van der Waals surface area contributed by atoms with E-state index in [2.05, 4.69) is 23.0 Å². The van der Waals surface area contributed by atoms with Crippen LogP contribution in [0.1, 0.15) is 31.2 Å². The fraction of sp³-hybridized carbons (Fsp3) is 0.565. The molecular formula is C23H31N3O5. The molecule has 2 bridgehead atoms. The van der Waals surface area contributed by atoms with Crippen molar-refractivity contribution in [1.82, 2.24) is 10.9 Å². The Morgan fingerprint density at radius 3 is 2.52 bits per heavy atom. The molecule has 0 saturated carbocycles. The number of amides is 1. The van der Waals surface area contributed by atoms with E-state index in [4.69, 9.17) is 20.3 Å². The van der Waals surface area contributed by atoms with Gasteiger partial charge in [0.2, 0.25) is 0 Å². The molecule has 0 spiro atoms. The SMILES string of the molecule is N[C@@H](Cc1ccccc1)C(=O)NNC[C@@H]1[C@H](C/C=C\CCCC(=O)O)[C@H]2O[C@@H]1[C@H]1O[C@H]12. The summed E-state index contributed by atoms with van der Waals surface area (Å²) in [7, 11) is 0. The number of carboxylic acid groups (broad SMARTS) is 1. The van der Waals surface area contributed by atoms with Gasteiger partial charge in [0.25, 0.3) is 5.91 Å². The van der Waals surface area contributed by atoms with Crippen molar-refractivity contribution in [3.63, 3.8) is 0 Å². The lowest BCUT2D eigenvalue weighted by molar-refractivity contribution is -0.137. The molecule has 4 rings (SSSR count). The van der Waals surface area contributed by atoms with Gasteiger partial charge in [-0.05, 0) is 37.2 Å². The topological polar surface area (TPSA) is 126 Å². The third kappa shape index (κ3) is 5.33. The van der Waals surface area contributed by atoms with Crippen LogP contribution in [0, 0.1) is 11.8 Å². The first-order valence-corrected chi connectivity index (χ1v) is 11.0. The molecule has 3 saturated heterocycles. The number of nitrogens with two attached hydrogens (primary N) is 1. The highest BCUT2D eigenvalue weighted by Gasteiger charge is 2.68. The van der Waals surface area contributed by atoms with Gasteiger partial charge in [-0.3, -0.25) is 15.0 Å². The van der Waals surface area contributed by atoms with Crippen LogP contribution in [-0.4, -0.2) is 54.0 Å². The highest BCUT2D eigenvalue weighted by Crippen LogP contribution is 2.54. The Hall–Kier alpha value is -2.26. The number of benzene rings is 1. The molecule has 3 heterocycles. The summed E-state index contributed by atoms with van der Waals surface area (Å²) >= 11 is 0. The molecule has 1 aromatic carbocycles. The van der Waals surface area contributed by atoms with E-state index in [1.165, 1.54) is 0 Å². The standard InChI is InChI=1S/C23H31N3O5/c24-17(12-14-8-4-3-5-9-14)23(29)26-25-13-16-15(10-6-1-2-7-11-18(27)28)19-21-22(31-21)20(16)30-19/h1,3-6,8-9,15-17,19-22,25H,2,7,10-13,24H2,(H,26,29)(H,27,28)/b6-1-/t15-,16+,17-,19+,20-,21-,22+/m0/s1. The van der Waals surface area contributed by atoms with Crippen LogP contribution in [0.4, 0.5) is 0 Å². The van der Waals surface area contributed by atoms with Gasteiger partial charge in [-0.25, -0.2) is 5.43 Å². The number of hydrogen-bond donors (Lipinski definition) is 4. The van der Waals surface area contributed by atoms with Crippen LogP contribution in [0.25, 0.3) is 0 Å². The highest BCUT2D eigenvalue weighted by molar-refractivity contribution is 5.81. The van der Waals surface area contributed by atoms with E-state index >= 15 is 0 Å². The molecule has 0 radical (unpaired) electrons. The molecule has 8 heteroatoms.